The van der Waals surface area contributed by atoms with E-state index in [4.69, 9.17) is 5.73 Å². The molecule has 0 spiro atoms. The van der Waals surface area contributed by atoms with Gasteiger partial charge in [0.25, 0.3) is 5.91 Å². The minimum Gasteiger partial charge on any atom is -0.320 e. The van der Waals surface area contributed by atoms with E-state index in [0.29, 0.717) is 11.1 Å². The molecule has 3 N–H and O–H groups in total. The van der Waals surface area contributed by atoms with Crippen LogP contribution in [0.25, 0.3) is 0 Å². The van der Waals surface area contributed by atoms with Crippen LogP contribution in [0.5, 0.6) is 0 Å². The number of benzene rings is 1. The SMILES string of the molecule is Cc1ccc(C#CCN)c(C(=O)NN(C)C)c1. The third kappa shape index (κ3) is 3.91. The molecular weight excluding hydrogens is 214 g/mol. The van der Waals surface area contributed by atoms with Gasteiger partial charge in [0.2, 0.25) is 0 Å². The molecule has 1 amide bonds. The largest absolute Gasteiger partial charge is 0.320 e. The van der Waals surface area contributed by atoms with E-state index in [1.807, 2.05) is 25.1 Å². The molecule has 1 rings (SSSR count). The third-order valence-electron chi connectivity index (χ3n) is 2.07. The van der Waals surface area contributed by atoms with Crippen LogP contribution in [0.1, 0.15) is 21.5 Å². The zero-order valence-electron chi connectivity index (χ0n) is 10.4. The Balaban J connectivity index is 3.10. The number of hydrogen-bond acceptors (Lipinski definition) is 3. The molecule has 90 valence electrons. The molecule has 4 nitrogen and oxygen atoms in total. The smallest absolute Gasteiger partial charge is 0.266 e. The minimum absolute atomic E-state index is 0.167. The summed E-state index contributed by atoms with van der Waals surface area (Å²) >= 11 is 0. The maximum absolute atomic E-state index is 11.9. The van der Waals surface area contributed by atoms with Crippen molar-refractivity contribution in [3.05, 3.63) is 34.9 Å². The molecule has 0 unspecified atom stereocenters. The van der Waals surface area contributed by atoms with Crippen molar-refractivity contribution in [3.63, 3.8) is 0 Å². The van der Waals surface area contributed by atoms with E-state index >= 15 is 0 Å². The second kappa shape index (κ2) is 6.04. The van der Waals surface area contributed by atoms with Crippen LogP contribution in [0.3, 0.4) is 0 Å². The Hall–Kier alpha value is -1.83. The van der Waals surface area contributed by atoms with E-state index in [1.165, 1.54) is 0 Å². The number of carbonyl (C=O) groups is 1. The van der Waals surface area contributed by atoms with Gasteiger partial charge in [0.1, 0.15) is 0 Å². The second-order valence-electron chi connectivity index (χ2n) is 3.89. The first-order valence-corrected chi connectivity index (χ1v) is 5.32. The van der Waals surface area contributed by atoms with Crippen LogP contribution >= 0.6 is 0 Å². The maximum Gasteiger partial charge on any atom is 0.266 e. The Bertz CT molecular complexity index is 469. The Morgan fingerprint density at radius 1 is 1.47 bits per heavy atom. The lowest BCUT2D eigenvalue weighted by molar-refractivity contribution is 0.0856. The Kier molecular flexibility index (Phi) is 4.70. The predicted octanol–water partition coefficient (Wildman–Crippen LogP) is 0.512. The van der Waals surface area contributed by atoms with Gasteiger partial charge in [0, 0.05) is 19.7 Å². The Morgan fingerprint density at radius 2 is 2.18 bits per heavy atom. The molecule has 0 aromatic heterocycles. The standard InChI is InChI=1S/C13H17N3O/c1-10-6-7-11(5-4-8-14)12(9-10)13(17)15-16(2)3/h6-7,9H,8,14H2,1-3H3,(H,15,17). The predicted molar refractivity (Wildman–Crippen MR) is 68.3 cm³/mol. The number of carbonyl (C=O) groups excluding carboxylic acids is 1. The van der Waals surface area contributed by atoms with Crippen LogP contribution in [-0.2, 0) is 0 Å². The third-order valence-corrected chi connectivity index (χ3v) is 2.07. The van der Waals surface area contributed by atoms with Crippen LogP contribution in [-0.4, -0.2) is 31.6 Å². The summed E-state index contributed by atoms with van der Waals surface area (Å²) in [7, 11) is 3.53. The van der Waals surface area contributed by atoms with Gasteiger partial charge in [-0.3, -0.25) is 10.2 Å². The van der Waals surface area contributed by atoms with Gasteiger partial charge in [-0.1, -0.05) is 23.5 Å². The number of hydrogen-bond donors (Lipinski definition) is 2. The average molecular weight is 231 g/mol. The summed E-state index contributed by atoms with van der Waals surface area (Å²) in [5, 5.41) is 1.60. The van der Waals surface area contributed by atoms with Gasteiger partial charge in [0.15, 0.2) is 0 Å². The summed E-state index contributed by atoms with van der Waals surface area (Å²) in [5.41, 5.74) is 10.3. The quantitative estimate of drug-likeness (QED) is 0.576. The molecule has 0 fully saturated rings. The molecule has 0 radical (unpaired) electrons. The lowest BCUT2D eigenvalue weighted by Crippen LogP contribution is -2.36. The molecule has 0 aliphatic heterocycles. The van der Waals surface area contributed by atoms with Crippen LogP contribution in [0.2, 0.25) is 0 Å². The number of nitrogens with two attached hydrogens (primary N) is 1. The van der Waals surface area contributed by atoms with E-state index in [1.54, 1.807) is 19.1 Å². The average Bonchev–Trinajstić information content (AvgIpc) is 2.26. The molecule has 1 aromatic rings. The Labute approximate surface area is 102 Å². The van der Waals surface area contributed by atoms with Crippen molar-refractivity contribution in [1.82, 2.24) is 10.4 Å². The summed E-state index contributed by atoms with van der Waals surface area (Å²) in [6, 6.07) is 5.58. The molecule has 0 atom stereocenters. The number of nitrogens with one attached hydrogen (secondary N) is 1. The van der Waals surface area contributed by atoms with Crippen molar-refractivity contribution in [1.29, 1.82) is 0 Å². The van der Waals surface area contributed by atoms with Gasteiger partial charge in [-0.2, -0.15) is 0 Å². The highest BCUT2D eigenvalue weighted by atomic mass is 16.2. The first kappa shape index (κ1) is 13.2. The first-order valence-electron chi connectivity index (χ1n) is 5.32. The lowest BCUT2D eigenvalue weighted by Gasteiger charge is -2.13. The number of hydrazine groups is 1. The van der Waals surface area contributed by atoms with Crippen molar-refractivity contribution in [2.45, 2.75) is 6.92 Å². The highest BCUT2D eigenvalue weighted by molar-refractivity contribution is 5.96. The zero-order valence-corrected chi connectivity index (χ0v) is 10.4. The number of rotatable bonds is 2. The van der Waals surface area contributed by atoms with Gasteiger partial charge >= 0.3 is 0 Å². The molecule has 4 heteroatoms. The van der Waals surface area contributed by atoms with Crippen LogP contribution in [0, 0.1) is 18.8 Å². The first-order chi connectivity index (χ1) is 8.04. The topological polar surface area (TPSA) is 58.4 Å². The van der Waals surface area contributed by atoms with Crippen LogP contribution in [0.4, 0.5) is 0 Å². The van der Waals surface area contributed by atoms with Gasteiger partial charge in [-0.25, -0.2) is 5.01 Å². The fraction of sp³-hybridized carbons (Fsp3) is 0.308. The highest BCUT2D eigenvalue weighted by Gasteiger charge is 2.10. The Morgan fingerprint density at radius 3 is 2.76 bits per heavy atom. The highest BCUT2D eigenvalue weighted by Crippen LogP contribution is 2.10. The van der Waals surface area contributed by atoms with Gasteiger partial charge < -0.3 is 5.73 Å². The molecule has 0 bridgehead atoms. The van der Waals surface area contributed by atoms with Gasteiger partial charge in [-0.05, 0) is 19.1 Å². The van der Waals surface area contributed by atoms with Crippen LogP contribution < -0.4 is 11.2 Å². The van der Waals surface area contributed by atoms with Crippen molar-refractivity contribution in [3.8, 4) is 11.8 Å². The summed E-state index contributed by atoms with van der Waals surface area (Å²) in [5.74, 6) is 5.49. The normalized spacial score (nSPS) is 9.71. The maximum atomic E-state index is 11.9. The molecule has 0 saturated carbocycles. The molecule has 0 heterocycles. The number of amides is 1. The monoisotopic (exact) mass is 231 g/mol. The minimum atomic E-state index is -0.167. The van der Waals surface area contributed by atoms with Crippen molar-refractivity contribution in [2.75, 3.05) is 20.6 Å². The summed E-state index contributed by atoms with van der Waals surface area (Å²) < 4.78 is 0. The van der Waals surface area contributed by atoms with E-state index in [9.17, 15) is 4.79 Å². The number of nitrogens with zero attached hydrogens (tertiary/aromatic N) is 1. The molecular formula is C13H17N3O. The zero-order chi connectivity index (χ0) is 12.8. The van der Waals surface area contributed by atoms with E-state index in [-0.39, 0.29) is 12.5 Å². The molecule has 0 aliphatic rings. The van der Waals surface area contributed by atoms with E-state index < -0.39 is 0 Å². The second-order valence-corrected chi connectivity index (χ2v) is 3.89. The van der Waals surface area contributed by atoms with Crippen molar-refractivity contribution < 1.29 is 4.79 Å². The van der Waals surface area contributed by atoms with Gasteiger partial charge in [0.05, 0.1) is 12.1 Å². The fourth-order valence-electron chi connectivity index (χ4n) is 1.36. The van der Waals surface area contributed by atoms with E-state index in [2.05, 4.69) is 17.3 Å². The van der Waals surface area contributed by atoms with E-state index in [0.717, 1.165) is 5.56 Å². The van der Waals surface area contributed by atoms with Crippen LogP contribution in [0.15, 0.2) is 18.2 Å². The summed E-state index contributed by atoms with van der Waals surface area (Å²) in [6.07, 6.45) is 0. The molecule has 1 aromatic carbocycles. The summed E-state index contributed by atoms with van der Waals surface area (Å²) in [4.78, 5) is 11.9. The number of aryl methyl sites for hydroxylation is 1. The lowest BCUT2D eigenvalue weighted by atomic mass is 10.0. The fourth-order valence-corrected chi connectivity index (χ4v) is 1.36. The van der Waals surface area contributed by atoms with Gasteiger partial charge in [-0.15, -0.1) is 0 Å². The van der Waals surface area contributed by atoms with Crippen molar-refractivity contribution in [2.24, 2.45) is 5.73 Å². The molecule has 0 aliphatic carbocycles. The molecule has 17 heavy (non-hydrogen) atoms. The van der Waals surface area contributed by atoms with Crippen molar-refractivity contribution >= 4 is 5.91 Å². The molecule has 0 saturated heterocycles. The summed E-state index contributed by atoms with van der Waals surface area (Å²) in [6.45, 7) is 2.22.